The van der Waals surface area contributed by atoms with Gasteiger partial charge in [-0.05, 0) is 97.5 Å². The van der Waals surface area contributed by atoms with E-state index in [1.807, 2.05) is 18.2 Å². The number of hydrogen-bond donors (Lipinski definition) is 1. The smallest absolute Gasteiger partial charge is 0.268 e. The Hall–Kier alpha value is -5.13. The number of halogens is 2. The molecule has 7 rings (SSSR count). The summed E-state index contributed by atoms with van der Waals surface area (Å²) in [5, 5.41) is 0.687. The zero-order valence-electron chi connectivity index (χ0n) is 26.2. The summed E-state index contributed by atoms with van der Waals surface area (Å²) >= 11 is 0. The van der Waals surface area contributed by atoms with Gasteiger partial charge in [0, 0.05) is 48.5 Å². The lowest BCUT2D eigenvalue weighted by Gasteiger charge is -2.26. The van der Waals surface area contributed by atoms with Gasteiger partial charge < -0.3 is 19.9 Å². The van der Waals surface area contributed by atoms with Crippen LogP contribution in [0.4, 0.5) is 8.78 Å². The molecule has 11 heteroatoms. The van der Waals surface area contributed by atoms with E-state index in [9.17, 15) is 14.0 Å². The van der Waals surface area contributed by atoms with Crippen LogP contribution in [-0.2, 0) is 17.6 Å². The van der Waals surface area contributed by atoms with Crippen LogP contribution in [0.5, 0.6) is 17.2 Å². The molecule has 3 heterocycles. The van der Waals surface area contributed by atoms with E-state index in [-0.39, 0.29) is 11.3 Å². The predicted octanol–water partition coefficient (Wildman–Crippen LogP) is 5.81. The number of amides is 1. The molecule has 2 N–H and O–H groups in total. The molecule has 1 aliphatic heterocycles. The molecule has 1 aliphatic carbocycles. The van der Waals surface area contributed by atoms with Crippen molar-refractivity contribution in [1.29, 1.82) is 0 Å². The number of rotatable bonds is 10. The minimum Gasteiger partial charge on any atom is -0.493 e. The summed E-state index contributed by atoms with van der Waals surface area (Å²) in [6, 6.07) is 17.0. The minimum absolute atomic E-state index is 0.0178. The SMILES string of the molecule is NC(=O)c1c2c(c(-c3ccc(Oc4ccnc5cc(OCCCN6CCOCC6)ccc45)c(F)c3)n(-c3ccc(F)cc3)c1=O)CCC2. The number of aromatic nitrogens is 2. The second-order valence-electron chi connectivity index (χ2n) is 11.9. The lowest BCUT2D eigenvalue weighted by atomic mass is 9.97. The van der Waals surface area contributed by atoms with Gasteiger partial charge in [-0.1, -0.05) is 0 Å². The van der Waals surface area contributed by atoms with Crippen LogP contribution in [0.2, 0.25) is 0 Å². The van der Waals surface area contributed by atoms with Crippen molar-refractivity contribution in [2.24, 2.45) is 5.73 Å². The third-order valence-electron chi connectivity index (χ3n) is 8.87. The van der Waals surface area contributed by atoms with E-state index in [0.29, 0.717) is 70.8 Å². The number of carbonyl (C=O) groups excluding carboxylic acids is 1. The van der Waals surface area contributed by atoms with Gasteiger partial charge in [0.2, 0.25) is 0 Å². The fourth-order valence-corrected chi connectivity index (χ4v) is 6.59. The molecule has 9 nitrogen and oxygen atoms in total. The second kappa shape index (κ2) is 13.5. The first-order chi connectivity index (χ1) is 23.4. The van der Waals surface area contributed by atoms with Crippen LogP contribution in [0.3, 0.4) is 0 Å². The molecule has 1 amide bonds. The first kappa shape index (κ1) is 31.5. The summed E-state index contributed by atoms with van der Waals surface area (Å²) in [5.41, 5.74) is 8.06. The normalized spacial score (nSPS) is 14.6. The van der Waals surface area contributed by atoms with Crippen LogP contribution < -0.4 is 20.8 Å². The van der Waals surface area contributed by atoms with Gasteiger partial charge in [0.15, 0.2) is 11.6 Å². The van der Waals surface area contributed by atoms with Gasteiger partial charge in [0.05, 0.1) is 31.0 Å². The van der Waals surface area contributed by atoms with Crippen molar-refractivity contribution < 1.29 is 27.8 Å². The highest BCUT2D eigenvalue weighted by atomic mass is 19.1. The maximum absolute atomic E-state index is 15.9. The average Bonchev–Trinajstić information content (AvgIpc) is 3.57. The highest BCUT2D eigenvalue weighted by Gasteiger charge is 2.29. The van der Waals surface area contributed by atoms with Gasteiger partial charge in [0.1, 0.15) is 22.9 Å². The maximum Gasteiger partial charge on any atom is 0.268 e. The highest BCUT2D eigenvalue weighted by molar-refractivity contribution is 5.95. The number of hydrogen-bond acceptors (Lipinski definition) is 7. The predicted molar refractivity (Wildman–Crippen MR) is 177 cm³/mol. The molecule has 2 aliphatic rings. The molecule has 1 saturated heterocycles. The van der Waals surface area contributed by atoms with Crippen LogP contribution in [-0.4, -0.2) is 59.8 Å². The number of benzene rings is 3. The van der Waals surface area contributed by atoms with E-state index >= 15 is 4.39 Å². The number of morpholine rings is 1. The minimum atomic E-state index is -0.831. The van der Waals surface area contributed by atoms with Gasteiger partial charge in [-0.15, -0.1) is 0 Å². The van der Waals surface area contributed by atoms with Crippen LogP contribution in [0.25, 0.3) is 27.8 Å². The van der Waals surface area contributed by atoms with Crippen molar-refractivity contribution in [3.8, 4) is 34.2 Å². The Bertz CT molecular complexity index is 2060. The molecule has 2 aromatic heterocycles. The van der Waals surface area contributed by atoms with Gasteiger partial charge in [-0.25, -0.2) is 8.78 Å². The van der Waals surface area contributed by atoms with Crippen molar-refractivity contribution >= 4 is 16.8 Å². The third-order valence-corrected chi connectivity index (χ3v) is 8.87. The Morgan fingerprint density at radius 1 is 0.938 bits per heavy atom. The quantitative estimate of drug-likeness (QED) is 0.190. The van der Waals surface area contributed by atoms with E-state index in [2.05, 4.69) is 9.88 Å². The number of carbonyl (C=O) groups is 1. The fraction of sp³-hybridized carbons (Fsp3) is 0.270. The molecular formula is C37H34F2N4O5. The second-order valence-corrected chi connectivity index (χ2v) is 11.9. The van der Waals surface area contributed by atoms with E-state index in [0.717, 1.165) is 44.8 Å². The Balaban J connectivity index is 1.16. The molecule has 0 atom stereocenters. The van der Waals surface area contributed by atoms with E-state index < -0.39 is 23.1 Å². The Morgan fingerprint density at radius 3 is 2.50 bits per heavy atom. The number of nitrogens with two attached hydrogens (primary N) is 1. The van der Waals surface area contributed by atoms with Crippen LogP contribution in [0.15, 0.2) is 77.7 Å². The lowest BCUT2D eigenvalue weighted by molar-refractivity contribution is 0.0358. The molecule has 0 spiro atoms. The van der Waals surface area contributed by atoms with Crippen LogP contribution in [0.1, 0.15) is 34.3 Å². The average molecular weight is 653 g/mol. The van der Waals surface area contributed by atoms with Crippen molar-refractivity contribution in [2.75, 3.05) is 39.5 Å². The van der Waals surface area contributed by atoms with Crippen molar-refractivity contribution in [3.05, 3.63) is 112 Å². The summed E-state index contributed by atoms with van der Waals surface area (Å²) in [7, 11) is 0. The zero-order valence-corrected chi connectivity index (χ0v) is 26.2. The molecule has 0 bridgehead atoms. The number of fused-ring (bicyclic) bond motifs is 2. The molecule has 3 aromatic carbocycles. The summed E-state index contributed by atoms with van der Waals surface area (Å²) in [6.45, 7) is 4.93. The summed E-state index contributed by atoms with van der Waals surface area (Å²) in [4.78, 5) is 33.0. The van der Waals surface area contributed by atoms with Gasteiger partial charge in [-0.2, -0.15) is 0 Å². The van der Waals surface area contributed by atoms with Gasteiger partial charge in [-0.3, -0.25) is 24.0 Å². The Kier molecular flexibility index (Phi) is 8.88. The molecule has 0 saturated carbocycles. The molecule has 246 valence electrons. The monoisotopic (exact) mass is 652 g/mol. The summed E-state index contributed by atoms with van der Waals surface area (Å²) in [5.74, 6) is -0.879. The van der Waals surface area contributed by atoms with E-state index in [1.165, 1.54) is 41.0 Å². The van der Waals surface area contributed by atoms with Gasteiger partial charge >= 0.3 is 0 Å². The van der Waals surface area contributed by atoms with Crippen molar-refractivity contribution in [1.82, 2.24) is 14.5 Å². The summed E-state index contributed by atoms with van der Waals surface area (Å²) in [6.07, 6.45) is 4.25. The fourth-order valence-electron chi connectivity index (χ4n) is 6.59. The van der Waals surface area contributed by atoms with Crippen molar-refractivity contribution in [2.45, 2.75) is 25.7 Å². The molecule has 5 aromatic rings. The third kappa shape index (κ3) is 6.26. The topological polar surface area (TPSA) is 109 Å². The molecule has 48 heavy (non-hydrogen) atoms. The number of ether oxygens (including phenoxy) is 3. The summed E-state index contributed by atoms with van der Waals surface area (Å²) < 4.78 is 48.5. The molecule has 0 unspecified atom stereocenters. The molecule has 0 radical (unpaired) electrons. The Labute approximate surface area is 275 Å². The Morgan fingerprint density at radius 2 is 1.73 bits per heavy atom. The number of pyridine rings is 2. The number of primary amides is 1. The zero-order chi connectivity index (χ0) is 33.2. The van der Waals surface area contributed by atoms with Gasteiger partial charge in [0.25, 0.3) is 11.5 Å². The molecular weight excluding hydrogens is 618 g/mol. The largest absolute Gasteiger partial charge is 0.493 e. The van der Waals surface area contributed by atoms with E-state index in [1.54, 1.807) is 18.3 Å². The highest BCUT2D eigenvalue weighted by Crippen LogP contribution is 2.38. The standard InChI is InChI=1S/C37H34F2N4O5/c38-24-6-8-25(9-7-24)43-35(28-4-1-3-27(28)34(36(40)44)37(43)45)23-5-12-33(30(39)21-23)48-32-13-14-41-31-22-26(10-11-29(31)32)47-18-2-15-42-16-19-46-20-17-42/h5-14,21-22H,1-4,15-20H2,(H2,40,44). The van der Waals surface area contributed by atoms with Crippen LogP contribution in [0, 0.1) is 11.6 Å². The maximum atomic E-state index is 15.9. The van der Waals surface area contributed by atoms with E-state index in [4.69, 9.17) is 19.9 Å². The molecule has 1 fully saturated rings. The lowest BCUT2D eigenvalue weighted by Crippen LogP contribution is -2.37. The first-order valence-electron chi connectivity index (χ1n) is 16.0. The first-order valence-corrected chi connectivity index (χ1v) is 16.0. The van der Waals surface area contributed by atoms with Crippen molar-refractivity contribution in [3.63, 3.8) is 0 Å². The number of nitrogens with zero attached hydrogens (tertiary/aromatic N) is 3. The van der Waals surface area contributed by atoms with Crippen LogP contribution >= 0.6 is 0 Å².